The molecule has 5 N–H and O–H groups in total. The van der Waals surface area contributed by atoms with E-state index < -0.39 is 0 Å². The normalized spacial score (nSPS) is 39.1. The summed E-state index contributed by atoms with van der Waals surface area (Å²) in [4.78, 5) is 15.3. The van der Waals surface area contributed by atoms with Gasteiger partial charge in [-0.05, 0) is 59.3 Å². The third-order valence-corrected chi connectivity index (χ3v) is 12.6. The molecule has 6 heterocycles. The summed E-state index contributed by atoms with van der Waals surface area (Å²) in [6.45, 7) is 8.93. The predicted octanol–water partition coefficient (Wildman–Crippen LogP) is 4.32. The van der Waals surface area contributed by atoms with Gasteiger partial charge in [-0.1, -0.05) is 64.7 Å². The molecule has 0 aromatic carbocycles. The van der Waals surface area contributed by atoms with Gasteiger partial charge < -0.3 is 9.64 Å². The summed E-state index contributed by atoms with van der Waals surface area (Å²) < 4.78 is 8.66. The van der Waals surface area contributed by atoms with Gasteiger partial charge in [0.2, 0.25) is 0 Å². The van der Waals surface area contributed by atoms with E-state index in [1.54, 1.807) is 0 Å². The molecule has 0 saturated carbocycles. The second kappa shape index (κ2) is 15.7. The van der Waals surface area contributed by atoms with Crippen LogP contribution in [0.4, 0.5) is 0 Å². The van der Waals surface area contributed by atoms with Crippen molar-refractivity contribution in [2.75, 3.05) is 0 Å². The summed E-state index contributed by atoms with van der Waals surface area (Å²) >= 11 is 0. The van der Waals surface area contributed by atoms with E-state index in [0.717, 1.165) is 31.3 Å². The molecule has 0 aromatic rings. The minimum Gasteiger partial charge on any atom is -0.462 e. The summed E-state index contributed by atoms with van der Waals surface area (Å²) in [5.74, 6) is 1.12. The molecule has 256 valence electrons. The average molecular weight is 629 g/mol. The maximum Gasteiger partial charge on any atom is 0.346 e. The minimum atomic E-state index is -0.0854. The third kappa shape index (κ3) is 8.02. The molecule has 0 bridgehead atoms. The van der Waals surface area contributed by atoms with Gasteiger partial charge in [-0.3, -0.25) is 30.6 Å². The van der Waals surface area contributed by atoms with Crippen molar-refractivity contribution in [3.63, 3.8) is 0 Å². The fourth-order valence-corrected chi connectivity index (χ4v) is 10.4. The molecule has 8 nitrogen and oxygen atoms in total. The summed E-state index contributed by atoms with van der Waals surface area (Å²) in [7, 11) is 0. The number of nitrogens with zero attached hydrogens (tertiary/aromatic N) is 1. The lowest BCUT2D eigenvalue weighted by atomic mass is 9.89. The Labute approximate surface area is 274 Å². The number of unbranched alkanes of at least 4 members (excludes halogenated alkanes) is 8. The lowest BCUT2D eigenvalue weighted by Gasteiger charge is -2.47. The summed E-state index contributed by atoms with van der Waals surface area (Å²) in [5, 5.41) is 15.4. The van der Waals surface area contributed by atoms with Gasteiger partial charge in [0, 0.05) is 44.2 Å². The first-order valence-corrected chi connectivity index (χ1v) is 19.7. The first-order valence-electron chi connectivity index (χ1n) is 19.7. The minimum absolute atomic E-state index is 0.00125. The summed E-state index contributed by atoms with van der Waals surface area (Å²) in [5.41, 5.74) is 0. The van der Waals surface area contributed by atoms with E-state index in [0.29, 0.717) is 30.5 Å². The van der Waals surface area contributed by atoms with Crippen molar-refractivity contribution in [2.24, 2.45) is 5.92 Å². The SMILES string of the molecule is CCCCCCC[C@@H]1C[C@@H]2CC[C@H]3[C@@H](C(=O)O[C@H](C)CCCCCCC[C@@H]4C[C@@H]5CC[C@@H]6C[C@H](C)NC(N4)[NH+]65)[C@@H](C)NC(=[N+]23)N1. The zero-order valence-corrected chi connectivity index (χ0v) is 29.3. The third-order valence-electron chi connectivity index (χ3n) is 12.6. The van der Waals surface area contributed by atoms with Crippen LogP contribution in [0.1, 0.15) is 156 Å². The number of carbonyl (C=O) groups is 1. The number of rotatable bonds is 16. The highest BCUT2D eigenvalue weighted by molar-refractivity contribution is 5.81. The van der Waals surface area contributed by atoms with Crippen LogP contribution >= 0.6 is 0 Å². The van der Waals surface area contributed by atoms with Crippen LogP contribution in [0.25, 0.3) is 0 Å². The molecule has 0 aliphatic carbocycles. The van der Waals surface area contributed by atoms with E-state index in [4.69, 9.17) is 4.74 Å². The number of esters is 1. The van der Waals surface area contributed by atoms with Crippen LogP contribution in [-0.2, 0) is 9.53 Å². The molecule has 0 aromatic heterocycles. The maximum atomic E-state index is 13.5. The molecule has 6 aliphatic heterocycles. The largest absolute Gasteiger partial charge is 0.462 e. The van der Waals surface area contributed by atoms with Gasteiger partial charge in [-0.15, -0.1) is 0 Å². The van der Waals surface area contributed by atoms with Crippen molar-refractivity contribution in [2.45, 2.75) is 217 Å². The van der Waals surface area contributed by atoms with E-state index in [1.807, 2.05) is 4.90 Å². The lowest BCUT2D eigenvalue weighted by molar-refractivity contribution is -0.977. The zero-order chi connectivity index (χ0) is 31.3. The van der Waals surface area contributed by atoms with Gasteiger partial charge in [0.15, 0.2) is 6.29 Å². The fourth-order valence-electron chi connectivity index (χ4n) is 10.4. The quantitative estimate of drug-likeness (QED) is 0.0996. The molecule has 0 amide bonds. The number of carbonyl (C=O) groups excluding carboxylic acids is 1. The fraction of sp³-hybridized carbons (Fsp3) is 0.946. The topological polar surface area (TPSA) is 81.9 Å². The average Bonchev–Trinajstić information content (AvgIpc) is 3.61. The van der Waals surface area contributed by atoms with Gasteiger partial charge in [-0.2, -0.15) is 0 Å². The number of nitrogens with one attached hydrogen (secondary N) is 5. The molecule has 4 saturated heterocycles. The number of quaternary nitrogens is 1. The van der Waals surface area contributed by atoms with Crippen LogP contribution in [0.2, 0.25) is 0 Å². The van der Waals surface area contributed by atoms with Gasteiger partial charge >= 0.3 is 11.9 Å². The molecule has 0 spiro atoms. The van der Waals surface area contributed by atoms with E-state index >= 15 is 0 Å². The van der Waals surface area contributed by atoms with Crippen molar-refractivity contribution >= 4 is 11.9 Å². The Bertz CT molecular complexity index is 1010. The van der Waals surface area contributed by atoms with Crippen molar-refractivity contribution < 1.29 is 19.0 Å². The van der Waals surface area contributed by atoms with Gasteiger partial charge in [0.25, 0.3) is 0 Å². The van der Waals surface area contributed by atoms with Crippen molar-refractivity contribution in [1.82, 2.24) is 21.3 Å². The number of hydrogen-bond donors (Lipinski definition) is 5. The Morgan fingerprint density at radius 2 is 1.56 bits per heavy atom. The Hall–Kier alpha value is -1.38. The van der Waals surface area contributed by atoms with Crippen molar-refractivity contribution in [1.29, 1.82) is 0 Å². The number of ether oxygens (including phenoxy) is 1. The Morgan fingerprint density at radius 3 is 2.36 bits per heavy atom. The van der Waals surface area contributed by atoms with Crippen LogP contribution in [0.5, 0.6) is 0 Å². The van der Waals surface area contributed by atoms with E-state index in [1.165, 1.54) is 115 Å². The Balaban J connectivity index is 0.863. The molecule has 2 unspecified atom stereocenters. The van der Waals surface area contributed by atoms with Crippen LogP contribution in [-0.4, -0.2) is 77.2 Å². The standard InChI is InChI=1S/C37H66N6O2/c1-5-6-7-9-13-16-29-24-32-20-21-33-34(27(4)39-37(41-29)43(32)33)35(44)45-26(3)15-12-10-8-11-14-17-28-23-31-19-18-30-22-25(2)38-36(40-28)42(30)31/h25-34,36,38,40H,5-24H2,1-4H3,(H,39,41)/p+2/t25-,26+,27+,28+,29+,30+,31-,32-,33-,34-,36?/m0/s1. The highest BCUT2D eigenvalue weighted by Crippen LogP contribution is 2.35. The molecule has 45 heavy (non-hydrogen) atoms. The zero-order valence-electron chi connectivity index (χ0n) is 29.3. The molecular weight excluding hydrogens is 560 g/mol. The molecule has 6 rings (SSSR count). The maximum absolute atomic E-state index is 13.5. The molecule has 4 fully saturated rings. The second-order valence-corrected chi connectivity index (χ2v) is 16.2. The summed E-state index contributed by atoms with van der Waals surface area (Å²) in [6.07, 6.45) is 26.2. The van der Waals surface area contributed by atoms with E-state index in [-0.39, 0.29) is 30.1 Å². The van der Waals surface area contributed by atoms with Crippen LogP contribution in [0.3, 0.4) is 0 Å². The van der Waals surface area contributed by atoms with Crippen LogP contribution in [0, 0.1) is 5.92 Å². The predicted molar refractivity (Wildman–Crippen MR) is 181 cm³/mol. The van der Waals surface area contributed by atoms with E-state index in [9.17, 15) is 4.79 Å². The first-order chi connectivity index (χ1) is 21.9. The highest BCUT2D eigenvalue weighted by Gasteiger charge is 2.53. The van der Waals surface area contributed by atoms with Gasteiger partial charge in [0.1, 0.15) is 5.92 Å². The number of hydrogen-bond acceptors (Lipinski definition) is 6. The smallest absolute Gasteiger partial charge is 0.346 e. The first kappa shape index (κ1) is 33.5. The second-order valence-electron chi connectivity index (χ2n) is 16.2. The molecule has 8 heteroatoms. The molecule has 0 radical (unpaired) electrons. The van der Waals surface area contributed by atoms with E-state index in [2.05, 4.69) is 53.5 Å². The van der Waals surface area contributed by atoms with Crippen LogP contribution in [0.15, 0.2) is 0 Å². The van der Waals surface area contributed by atoms with Crippen molar-refractivity contribution in [3.8, 4) is 0 Å². The van der Waals surface area contributed by atoms with Crippen molar-refractivity contribution in [3.05, 3.63) is 0 Å². The van der Waals surface area contributed by atoms with Gasteiger partial charge in [0.05, 0.1) is 42.4 Å². The molecular formula is C37H68N6O2+2. The highest BCUT2D eigenvalue weighted by atomic mass is 16.5. The summed E-state index contributed by atoms with van der Waals surface area (Å²) in [6, 6.07) is 4.58. The van der Waals surface area contributed by atoms with Crippen LogP contribution < -0.4 is 26.2 Å². The number of guanidine groups is 1. The lowest BCUT2D eigenvalue weighted by Crippen LogP contribution is -3.26. The monoisotopic (exact) mass is 629 g/mol. The molecule has 6 aliphatic rings. The Morgan fingerprint density at radius 1 is 0.844 bits per heavy atom. The molecule has 12 atom stereocenters. The van der Waals surface area contributed by atoms with Gasteiger partial charge in [-0.25, -0.2) is 0 Å². The Kier molecular flexibility index (Phi) is 11.7.